The van der Waals surface area contributed by atoms with E-state index in [-0.39, 0.29) is 28.0 Å². The first kappa shape index (κ1) is 20.7. The minimum atomic E-state index is -1.08. The van der Waals surface area contributed by atoms with Crippen LogP contribution in [0.3, 0.4) is 0 Å². The number of aromatic amines is 1. The van der Waals surface area contributed by atoms with E-state index in [9.17, 15) is 23.5 Å². The lowest BCUT2D eigenvalue weighted by atomic mass is 9.95. The van der Waals surface area contributed by atoms with E-state index in [1.54, 1.807) is 26.0 Å². The zero-order chi connectivity index (χ0) is 21.3. The second-order valence-corrected chi connectivity index (χ2v) is 7.20. The molecule has 29 heavy (non-hydrogen) atoms. The number of rotatable bonds is 5. The van der Waals surface area contributed by atoms with Gasteiger partial charge in [-0.2, -0.15) is 0 Å². The average molecular weight is 464 g/mol. The normalized spacial score (nSPS) is 10.8. The lowest BCUT2D eigenvalue weighted by molar-refractivity contribution is 0.0696. The molecule has 2 aromatic carbocycles. The van der Waals surface area contributed by atoms with Gasteiger partial charge in [0.15, 0.2) is 0 Å². The van der Waals surface area contributed by atoms with Gasteiger partial charge in [-0.25, -0.2) is 13.6 Å². The van der Waals surface area contributed by atoms with Gasteiger partial charge >= 0.3 is 5.97 Å². The van der Waals surface area contributed by atoms with Crippen LogP contribution in [0.15, 0.2) is 45.7 Å². The summed E-state index contributed by atoms with van der Waals surface area (Å²) in [7, 11) is 0. The minimum absolute atomic E-state index is 0.0840. The maximum atomic E-state index is 14.0. The quantitative estimate of drug-likeness (QED) is 0.559. The van der Waals surface area contributed by atoms with Crippen molar-refractivity contribution in [3.05, 3.63) is 85.2 Å². The summed E-state index contributed by atoms with van der Waals surface area (Å²) in [5.74, 6) is -2.42. The predicted octanol–water partition coefficient (Wildman–Crippen LogP) is 4.98. The summed E-state index contributed by atoms with van der Waals surface area (Å²) in [5, 5.41) is 9.41. The van der Waals surface area contributed by atoms with Gasteiger partial charge in [0.1, 0.15) is 28.5 Å². The van der Waals surface area contributed by atoms with Crippen LogP contribution in [-0.2, 0) is 6.61 Å². The first-order valence-corrected chi connectivity index (χ1v) is 9.32. The molecule has 0 aliphatic rings. The van der Waals surface area contributed by atoms with E-state index in [4.69, 9.17) is 4.74 Å². The predicted molar refractivity (Wildman–Crippen MR) is 107 cm³/mol. The fraction of sp³-hybridized carbons (Fsp3) is 0.143. The van der Waals surface area contributed by atoms with Crippen LogP contribution in [0.4, 0.5) is 8.78 Å². The van der Waals surface area contributed by atoms with Gasteiger partial charge in [0.25, 0.3) is 5.56 Å². The third kappa shape index (κ3) is 4.07. The highest BCUT2D eigenvalue weighted by molar-refractivity contribution is 9.10. The fourth-order valence-corrected chi connectivity index (χ4v) is 3.47. The highest BCUT2D eigenvalue weighted by Crippen LogP contribution is 2.39. The lowest BCUT2D eigenvalue weighted by Crippen LogP contribution is -2.13. The maximum absolute atomic E-state index is 14.0. The number of ether oxygens (including phenoxy) is 1. The van der Waals surface area contributed by atoms with E-state index in [2.05, 4.69) is 20.9 Å². The van der Waals surface area contributed by atoms with Gasteiger partial charge in [-0.15, -0.1) is 0 Å². The van der Waals surface area contributed by atoms with Crippen molar-refractivity contribution in [1.29, 1.82) is 0 Å². The molecule has 0 aliphatic carbocycles. The van der Waals surface area contributed by atoms with E-state index in [1.807, 2.05) is 0 Å². The topological polar surface area (TPSA) is 79.4 Å². The van der Waals surface area contributed by atoms with Crippen molar-refractivity contribution in [2.24, 2.45) is 0 Å². The smallest absolute Gasteiger partial charge is 0.335 e. The molecule has 5 nitrogen and oxygen atoms in total. The Balaban J connectivity index is 2.14. The summed E-state index contributed by atoms with van der Waals surface area (Å²) in [6.45, 7) is 3.06. The number of carboxylic acid groups (broad SMARTS) is 1. The second kappa shape index (κ2) is 8.16. The molecule has 150 valence electrons. The summed E-state index contributed by atoms with van der Waals surface area (Å²) in [5.41, 5.74) is 1.73. The summed E-state index contributed by atoms with van der Waals surface area (Å²) < 4.78 is 33.0. The third-order valence-electron chi connectivity index (χ3n) is 4.52. The summed E-state index contributed by atoms with van der Waals surface area (Å²) in [4.78, 5) is 26.4. The first-order chi connectivity index (χ1) is 13.7. The van der Waals surface area contributed by atoms with Gasteiger partial charge in [-0.3, -0.25) is 4.79 Å². The Hall–Kier alpha value is -3.00. The van der Waals surface area contributed by atoms with E-state index >= 15 is 0 Å². The molecule has 0 atom stereocenters. The molecular formula is C21H16BrF2NO4. The number of carbonyl (C=O) groups is 1. The number of aromatic carboxylic acids is 1. The first-order valence-electron chi connectivity index (χ1n) is 8.53. The lowest BCUT2D eigenvalue weighted by Gasteiger charge is -2.18. The molecule has 0 aliphatic heterocycles. The van der Waals surface area contributed by atoms with Gasteiger partial charge in [-0.05, 0) is 59.1 Å². The molecule has 0 unspecified atom stereocenters. The van der Waals surface area contributed by atoms with Crippen LogP contribution in [-0.4, -0.2) is 16.1 Å². The summed E-state index contributed by atoms with van der Waals surface area (Å²) >= 11 is 3.20. The van der Waals surface area contributed by atoms with Gasteiger partial charge in [0.05, 0.1) is 5.56 Å². The maximum Gasteiger partial charge on any atom is 0.335 e. The van der Waals surface area contributed by atoms with Gasteiger partial charge < -0.3 is 14.8 Å². The molecule has 0 saturated carbocycles. The van der Waals surface area contributed by atoms with Crippen molar-refractivity contribution < 1.29 is 23.4 Å². The SMILES string of the molecule is Cc1[nH]c(=O)c(Br)c(OCc2ccc(F)cc2F)c1-c1cccc(C(=O)O)c1C. The fourth-order valence-electron chi connectivity index (χ4n) is 3.06. The Morgan fingerprint density at radius 3 is 2.59 bits per heavy atom. The van der Waals surface area contributed by atoms with Crippen LogP contribution in [0.2, 0.25) is 0 Å². The number of benzene rings is 2. The van der Waals surface area contributed by atoms with Gasteiger partial charge in [0, 0.05) is 22.9 Å². The number of halogens is 3. The van der Waals surface area contributed by atoms with Crippen molar-refractivity contribution >= 4 is 21.9 Å². The summed E-state index contributed by atoms with van der Waals surface area (Å²) in [6.07, 6.45) is 0. The number of aryl methyl sites for hydroxylation is 1. The molecule has 1 aromatic heterocycles. The Kier molecular flexibility index (Phi) is 5.83. The number of carboxylic acids is 1. The Labute approximate surface area is 173 Å². The highest BCUT2D eigenvalue weighted by atomic mass is 79.9. The number of aromatic nitrogens is 1. The van der Waals surface area contributed by atoms with E-state index in [1.165, 1.54) is 12.1 Å². The number of hydrogen-bond donors (Lipinski definition) is 2. The largest absolute Gasteiger partial charge is 0.487 e. The average Bonchev–Trinajstić information content (AvgIpc) is 2.65. The third-order valence-corrected chi connectivity index (χ3v) is 5.24. The van der Waals surface area contributed by atoms with E-state index in [0.717, 1.165) is 12.1 Å². The molecular weight excluding hydrogens is 448 g/mol. The molecule has 8 heteroatoms. The zero-order valence-electron chi connectivity index (χ0n) is 15.5. The van der Waals surface area contributed by atoms with Gasteiger partial charge in [-0.1, -0.05) is 12.1 Å². The van der Waals surface area contributed by atoms with Crippen LogP contribution < -0.4 is 10.3 Å². The van der Waals surface area contributed by atoms with Crippen molar-refractivity contribution in [2.45, 2.75) is 20.5 Å². The van der Waals surface area contributed by atoms with Crippen LogP contribution in [0.25, 0.3) is 11.1 Å². The minimum Gasteiger partial charge on any atom is -0.487 e. The molecule has 0 saturated heterocycles. The van der Waals surface area contributed by atoms with Crippen LogP contribution >= 0.6 is 15.9 Å². The Bertz CT molecular complexity index is 1170. The van der Waals surface area contributed by atoms with Crippen LogP contribution in [0.1, 0.15) is 27.2 Å². The molecule has 1 heterocycles. The van der Waals surface area contributed by atoms with Crippen LogP contribution in [0, 0.1) is 25.5 Å². The number of hydrogen-bond acceptors (Lipinski definition) is 3. The monoisotopic (exact) mass is 463 g/mol. The molecule has 2 N–H and O–H groups in total. The molecule has 0 radical (unpaired) electrons. The molecule has 0 bridgehead atoms. The standard InChI is InChI=1S/C21H16BrF2NO4/c1-10-14(4-3-5-15(10)21(27)28)17-11(2)25-20(26)18(22)19(17)29-9-12-6-7-13(23)8-16(12)24/h3-8H,9H2,1-2H3,(H,25,26)(H,27,28). The number of H-pyrrole nitrogens is 1. The molecule has 3 rings (SSSR count). The number of nitrogens with one attached hydrogen (secondary N) is 1. The van der Waals surface area contributed by atoms with Crippen LogP contribution in [0.5, 0.6) is 5.75 Å². The molecule has 0 amide bonds. The molecule has 3 aromatic rings. The molecule has 0 spiro atoms. The zero-order valence-corrected chi connectivity index (χ0v) is 17.1. The van der Waals surface area contributed by atoms with Crippen molar-refractivity contribution in [1.82, 2.24) is 4.98 Å². The van der Waals surface area contributed by atoms with E-state index in [0.29, 0.717) is 22.4 Å². The highest BCUT2D eigenvalue weighted by Gasteiger charge is 2.21. The summed E-state index contributed by atoms with van der Waals surface area (Å²) in [6, 6.07) is 7.90. The Morgan fingerprint density at radius 2 is 1.93 bits per heavy atom. The second-order valence-electron chi connectivity index (χ2n) is 6.40. The Morgan fingerprint density at radius 1 is 1.21 bits per heavy atom. The number of pyridine rings is 1. The van der Waals surface area contributed by atoms with Gasteiger partial charge in [0.2, 0.25) is 0 Å². The molecule has 0 fully saturated rings. The van der Waals surface area contributed by atoms with Crippen molar-refractivity contribution in [2.75, 3.05) is 0 Å². The van der Waals surface area contributed by atoms with Crippen molar-refractivity contribution in [3.8, 4) is 16.9 Å². The van der Waals surface area contributed by atoms with E-state index < -0.39 is 23.2 Å². The van der Waals surface area contributed by atoms with Crippen molar-refractivity contribution in [3.63, 3.8) is 0 Å².